The van der Waals surface area contributed by atoms with Crippen LogP contribution in [0.1, 0.15) is 24.9 Å². The molecule has 10 atom stereocenters. The van der Waals surface area contributed by atoms with E-state index in [2.05, 4.69) is 29.9 Å². The van der Waals surface area contributed by atoms with Gasteiger partial charge < -0.3 is 40.6 Å². The molecule has 3 aliphatic rings. The number of phosphoric acid groups is 2. The maximum atomic E-state index is 13.2. The van der Waals surface area contributed by atoms with Crippen molar-refractivity contribution in [3.63, 3.8) is 0 Å². The summed E-state index contributed by atoms with van der Waals surface area (Å²) in [6, 6.07) is -1.61. The Morgan fingerprint density at radius 3 is 1.52 bits per heavy atom. The third-order valence-electron chi connectivity index (χ3n) is 8.38. The Balaban J connectivity index is 1.17. The van der Waals surface area contributed by atoms with E-state index in [4.69, 9.17) is 29.6 Å². The van der Waals surface area contributed by atoms with Crippen LogP contribution in [0.3, 0.4) is 0 Å². The first-order chi connectivity index (χ1) is 20.9. The Morgan fingerprint density at radius 1 is 0.705 bits per heavy atom. The van der Waals surface area contributed by atoms with E-state index in [0.717, 1.165) is 0 Å². The van der Waals surface area contributed by atoms with E-state index >= 15 is 0 Å². The summed E-state index contributed by atoms with van der Waals surface area (Å²) < 4.78 is 51.0. The van der Waals surface area contributed by atoms with Crippen molar-refractivity contribution in [2.45, 2.75) is 49.3 Å². The molecule has 236 valence electrons. The zero-order valence-corrected chi connectivity index (χ0v) is 24.4. The molecule has 1 aliphatic heterocycles. The van der Waals surface area contributed by atoms with Crippen molar-refractivity contribution in [1.82, 2.24) is 39.0 Å². The Morgan fingerprint density at radius 2 is 1.11 bits per heavy atom. The van der Waals surface area contributed by atoms with E-state index in [0.29, 0.717) is 11.3 Å². The summed E-state index contributed by atoms with van der Waals surface area (Å²) in [5.41, 5.74) is 12.9. The predicted octanol–water partition coefficient (Wildman–Crippen LogP) is -0.308. The van der Waals surface area contributed by atoms with Crippen molar-refractivity contribution in [2.75, 3.05) is 24.7 Å². The van der Waals surface area contributed by atoms with Crippen molar-refractivity contribution in [2.24, 2.45) is 11.8 Å². The van der Waals surface area contributed by atoms with Gasteiger partial charge in [-0.2, -0.15) is 0 Å². The highest BCUT2D eigenvalue weighted by molar-refractivity contribution is 7.47. The standard InChI is InChI=1S/C22H28N10O10P2/c23-19-13-21(27-5-25-19)31(7-29-13)11-1-9-3-39-43(35,36)42-18-10(4-40-44(37,38)41-17(9)15(11)33)2-12(16(18)34)32-8-30-14-20(24)26-6-28-22(14)32/h5-12,15-18,33-34H,1-4H2,(H,35,36)(H,37,38)(H2,23,25,27)(H2,24,26,28)/t9-,10-,11-,12-,15-,16?,17?,18+/m1/s1. The number of rotatable bonds is 2. The number of hydrogen-bond acceptors (Lipinski definition) is 16. The van der Waals surface area contributed by atoms with Crippen LogP contribution in [0.15, 0.2) is 25.3 Å². The summed E-state index contributed by atoms with van der Waals surface area (Å²) in [7, 11) is -9.69. The highest BCUT2D eigenvalue weighted by Gasteiger charge is 2.52. The smallest absolute Gasteiger partial charge is 0.388 e. The number of imidazole rings is 2. The monoisotopic (exact) mass is 654 g/mol. The molecule has 4 unspecified atom stereocenters. The van der Waals surface area contributed by atoms with Gasteiger partial charge in [-0.05, 0) is 12.8 Å². The minimum absolute atomic E-state index is 0.0522. The molecular weight excluding hydrogens is 626 g/mol. The summed E-state index contributed by atoms with van der Waals surface area (Å²) in [4.78, 5) is 46.0. The van der Waals surface area contributed by atoms with E-state index in [-0.39, 0.29) is 35.5 Å². The number of aromatic nitrogens is 8. The second kappa shape index (κ2) is 10.7. The first kappa shape index (κ1) is 29.5. The molecule has 2 saturated carbocycles. The van der Waals surface area contributed by atoms with Gasteiger partial charge in [-0.3, -0.25) is 18.1 Å². The van der Waals surface area contributed by atoms with Crippen molar-refractivity contribution >= 4 is 49.6 Å². The lowest BCUT2D eigenvalue weighted by Crippen LogP contribution is -2.35. The SMILES string of the molecule is Nc1ncnc2c1ncn2[C@@H]1C[C@@H]2COP(=O)(O)OC3[C@@H](COP(=O)(O)O[C@@H]2C1O)C[C@@H](n1cnc2c(N)ncnc21)[C@H]3O. The molecule has 20 nitrogen and oxygen atoms in total. The molecular formula is C22H28N10O10P2. The topological polar surface area (TPSA) is 291 Å². The fourth-order valence-corrected chi connectivity index (χ4v) is 8.41. The molecule has 0 amide bonds. The molecule has 1 saturated heterocycles. The average molecular weight is 654 g/mol. The van der Waals surface area contributed by atoms with Crippen LogP contribution in [-0.2, 0) is 27.2 Å². The van der Waals surface area contributed by atoms with Crippen LogP contribution >= 0.6 is 15.6 Å². The number of hydrogen-bond donors (Lipinski definition) is 6. The molecule has 0 spiro atoms. The van der Waals surface area contributed by atoms with Gasteiger partial charge in [-0.25, -0.2) is 39.0 Å². The van der Waals surface area contributed by atoms with Crippen LogP contribution in [0, 0.1) is 11.8 Å². The second-order valence-corrected chi connectivity index (χ2v) is 13.8. The van der Waals surface area contributed by atoms with Gasteiger partial charge in [0, 0.05) is 11.8 Å². The number of nitrogens with two attached hydrogens (primary N) is 2. The molecule has 7 rings (SSSR count). The molecule has 44 heavy (non-hydrogen) atoms. The van der Waals surface area contributed by atoms with Gasteiger partial charge in [0.2, 0.25) is 0 Å². The van der Waals surface area contributed by atoms with Crippen molar-refractivity contribution in [3.05, 3.63) is 25.3 Å². The minimum Gasteiger partial charge on any atom is -0.388 e. The van der Waals surface area contributed by atoms with Gasteiger partial charge >= 0.3 is 15.6 Å². The average Bonchev–Trinajstić information content (AvgIpc) is 3.73. The van der Waals surface area contributed by atoms with E-state index in [1.165, 1.54) is 34.4 Å². The number of nitrogens with zero attached hydrogens (tertiary/aromatic N) is 8. The van der Waals surface area contributed by atoms with E-state index in [9.17, 15) is 29.1 Å². The van der Waals surface area contributed by atoms with Gasteiger partial charge in [-0.1, -0.05) is 0 Å². The summed E-state index contributed by atoms with van der Waals surface area (Å²) in [6.45, 7) is -1.04. The first-order valence-corrected chi connectivity index (χ1v) is 16.4. The van der Waals surface area contributed by atoms with Crippen LogP contribution < -0.4 is 11.5 Å². The van der Waals surface area contributed by atoms with Gasteiger partial charge in [-0.15, -0.1) is 0 Å². The zero-order valence-electron chi connectivity index (χ0n) is 22.6. The maximum absolute atomic E-state index is 13.2. The van der Waals surface area contributed by atoms with Crippen LogP contribution in [-0.4, -0.2) is 96.7 Å². The lowest BCUT2D eigenvalue weighted by atomic mass is 10.1. The maximum Gasteiger partial charge on any atom is 0.472 e. The largest absolute Gasteiger partial charge is 0.472 e. The third kappa shape index (κ3) is 5.06. The molecule has 3 fully saturated rings. The highest BCUT2D eigenvalue weighted by atomic mass is 31.2. The lowest BCUT2D eigenvalue weighted by Gasteiger charge is -2.29. The highest BCUT2D eigenvalue weighted by Crippen LogP contribution is 2.56. The predicted molar refractivity (Wildman–Crippen MR) is 147 cm³/mol. The van der Waals surface area contributed by atoms with Crippen LogP contribution in [0.2, 0.25) is 0 Å². The summed E-state index contributed by atoms with van der Waals surface area (Å²) in [6.07, 6.45) is -0.247. The molecule has 0 radical (unpaired) electrons. The fraction of sp³-hybridized carbons (Fsp3) is 0.545. The third-order valence-corrected chi connectivity index (χ3v) is 10.4. The fourth-order valence-electron chi connectivity index (χ4n) is 6.32. The quantitative estimate of drug-likeness (QED) is 0.151. The molecule has 0 aromatic carbocycles. The zero-order chi connectivity index (χ0) is 31.0. The molecule has 22 heteroatoms. The number of anilines is 2. The molecule has 4 aromatic heterocycles. The molecule has 8 N–H and O–H groups in total. The normalized spacial score (nSPS) is 38.3. The Kier molecular flexibility index (Phi) is 7.21. The van der Waals surface area contributed by atoms with Crippen molar-refractivity contribution in [3.8, 4) is 0 Å². The summed E-state index contributed by atoms with van der Waals surface area (Å²) in [5, 5.41) is 22.5. The Bertz CT molecular complexity index is 1690. The Labute approximate surface area is 247 Å². The van der Waals surface area contributed by atoms with Gasteiger partial charge in [0.1, 0.15) is 48.1 Å². The van der Waals surface area contributed by atoms with Gasteiger partial charge in [0.25, 0.3) is 0 Å². The number of aliphatic hydroxyl groups excluding tert-OH is 2. The van der Waals surface area contributed by atoms with Crippen LogP contribution in [0.5, 0.6) is 0 Å². The van der Waals surface area contributed by atoms with Crippen molar-refractivity contribution in [1.29, 1.82) is 0 Å². The number of nitrogen functional groups attached to an aromatic ring is 2. The number of fused-ring (bicyclic) bond motifs is 4. The van der Waals surface area contributed by atoms with Crippen LogP contribution in [0.4, 0.5) is 11.6 Å². The summed E-state index contributed by atoms with van der Waals surface area (Å²) in [5.74, 6) is -1.54. The van der Waals surface area contributed by atoms with Gasteiger partial charge in [0.15, 0.2) is 22.9 Å². The van der Waals surface area contributed by atoms with E-state index in [1.807, 2.05) is 0 Å². The molecule has 0 bridgehead atoms. The second-order valence-electron chi connectivity index (χ2n) is 10.9. The number of aliphatic hydroxyl groups is 2. The molecule has 2 aliphatic carbocycles. The summed E-state index contributed by atoms with van der Waals surface area (Å²) >= 11 is 0. The van der Waals surface area contributed by atoms with Crippen LogP contribution in [0.25, 0.3) is 22.3 Å². The molecule has 4 aromatic rings. The first-order valence-electron chi connectivity index (χ1n) is 13.5. The van der Waals surface area contributed by atoms with Gasteiger partial charge in [0.05, 0.1) is 38.0 Å². The van der Waals surface area contributed by atoms with E-state index < -0.39 is 77.2 Å². The van der Waals surface area contributed by atoms with E-state index in [1.54, 1.807) is 0 Å². The molecule has 5 heterocycles. The lowest BCUT2D eigenvalue weighted by molar-refractivity contribution is -0.0375. The van der Waals surface area contributed by atoms with Crippen molar-refractivity contribution < 1.29 is 47.2 Å². The Hall–Kier alpha value is -3.16. The number of phosphoric ester groups is 2. The minimum atomic E-state index is -4.84.